The quantitative estimate of drug-likeness (QED) is 0.862. The Morgan fingerprint density at radius 1 is 1.32 bits per heavy atom. The van der Waals surface area contributed by atoms with Gasteiger partial charge in [-0.3, -0.25) is 0 Å². The van der Waals surface area contributed by atoms with Crippen molar-refractivity contribution >= 4 is 26.8 Å². The van der Waals surface area contributed by atoms with Crippen LogP contribution in [0.4, 0.5) is 13.2 Å². The van der Waals surface area contributed by atoms with E-state index in [4.69, 9.17) is 4.74 Å². The number of hydrogen-bond acceptors (Lipinski definition) is 4. The van der Waals surface area contributed by atoms with Gasteiger partial charge in [-0.1, -0.05) is 0 Å². The molecule has 0 amide bonds. The minimum atomic E-state index is -4.40. The van der Waals surface area contributed by atoms with E-state index >= 15 is 0 Å². The molecule has 0 aliphatic carbocycles. The Hall–Kier alpha value is -1.57. The van der Waals surface area contributed by atoms with Gasteiger partial charge < -0.3 is 9.47 Å². The maximum Gasteiger partial charge on any atom is 0.422 e. The summed E-state index contributed by atoms with van der Waals surface area (Å²) in [5, 5.41) is 0.659. The molecule has 0 saturated carbocycles. The van der Waals surface area contributed by atoms with Crippen LogP contribution in [0.15, 0.2) is 22.8 Å². The van der Waals surface area contributed by atoms with Crippen LogP contribution in [-0.2, 0) is 0 Å². The molecular formula is C11H8BrF3N2O2. The Labute approximate surface area is 114 Å². The molecule has 2 aromatic heterocycles. The van der Waals surface area contributed by atoms with Gasteiger partial charge in [0.25, 0.3) is 0 Å². The van der Waals surface area contributed by atoms with E-state index in [1.54, 1.807) is 6.07 Å². The average molecular weight is 337 g/mol. The van der Waals surface area contributed by atoms with Gasteiger partial charge in [-0.15, -0.1) is 0 Å². The van der Waals surface area contributed by atoms with E-state index < -0.39 is 12.8 Å². The molecule has 2 rings (SSSR count). The number of nitrogens with zero attached hydrogens (tertiary/aromatic N) is 2. The van der Waals surface area contributed by atoms with Crippen molar-refractivity contribution in [2.75, 3.05) is 13.7 Å². The lowest BCUT2D eigenvalue weighted by molar-refractivity contribution is -0.154. The molecule has 0 radical (unpaired) electrons. The summed E-state index contributed by atoms with van der Waals surface area (Å²) in [7, 11) is 1.43. The van der Waals surface area contributed by atoms with Crippen LogP contribution in [0.1, 0.15) is 0 Å². The van der Waals surface area contributed by atoms with Crippen LogP contribution in [0.5, 0.6) is 11.8 Å². The zero-order chi connectivity index (χ0) is 14.0. The van der Waals surface area contributed by atoms with Gasteiger partial charge in [0, 0.05) is 17.6 Å². The summed E-state index contributed by atoms with van der Waals surface area (Å²) in [5.41, 5.74) is 0.423. The Balaban J connectivity index is 2.36. The van der Waals surface area contributed by atoms with Gasteiger partial charge in [-0.05, 0) is 22.0 Å². The zero-order valence-electron chi connectivity index (χ0n) is 9.66. The summed E-state index contributed by atoms with van der Waals surface area (Å²) >= 11 is 3.24. The second-order valence-corrected chi connectivity index (χ2v) is 4.37. The summed E-state index contributed by atoms with van der Waals surface area (Å²) in [5.74, 6) is 0.187. The summed E-state index contributed by atoms with van der Waals surface area (Å²) in [4.78, 5) is 8.01. The number of pyridine rings is 2. The fourth-order valence-electron chi connectivity index (χ4n) is 1.40. The van der Waals surface area contributed by atoms with Crippen molar-refractivity contribution in [2.45, 2.75) is 6.18 Å². The van der Waals surface area contributed by atoms with Gasteiger partial charge in [-0.25, -0.2) is 9.97 Å². The van der Waals surface area contributed by atoms with E-state index in [0.29, 0.717) is 21.3 Å². The van der Waals surface area contributed by atoms with Crippen molar-refractivity contribution in [1.29, 1.82) is 0 Å². The molecule has 0 spiro atoms. The smallest absolute Gasteiger partial charge is 0.422 e. The summed E-state index contributed by atoms with van der Waals surface area (Å²) in [6, 6.07) is 2.93. The molecule has 8 heteroatoms. The van der Waals surface area contributed by atoms with Crippen molar-refractivity contribution in [1.82, 2.24) is 9.97 Å². The number of methoxy groups -OCH3 is 1. The predicted octanol–water partition coefficient (Wildman–Crippen LogP) is 3.34. The number of halogens is 4. The Kier molecular flexibility index (Phi) is 3.79. The number of alkyl halides is 3. The number of hydrogen-bond donors (Lipinski definition) is 0. The van der Waals surface area contributed by atoms with Gasteiger partial charge in [0.2, 0.25) is 11.8 Å². The highest BCUT2D eigenvalue weighted by Gasteiger charge is 2.28. The molecule has 19 heavy (non-hydrogen) atoms. The SMILES string of the molecule is COc1ncc2ccc(OCC(F)(F)F)nc2c1Br. The molecule has 2 heterocycles. The second-order valence-electron chi connectivity index (χ2n) is 3.57. The van der Waals surface area contributed by atoms with E-state index in [0.717, 1.165) is 0 Å². The standard InChI is InChI=1S/C11H8BrF3N2O2/c1-18-10-8(12)9-6(4-16-10)2-3-7(17-9)19-5-11(13,14)15/h2-4H,5H2,1H3. The fraction of sp³-hybridized carbons (Fsp3) is 0.273. The normalized spacial score (nSPS) is 11.6. The molecule has 0 N–H and O–H groups in total. The minimum absolute atomic E-state index is 0.112. The molecule has 0 fully saturated rings. The molecule has 0 unspecified atom stereocenters. The Morgan fingerprint density at radius 3 is 2.68 bits per heavy atom. The first-order chi connectivity index (χ1) is 8.90. The van der Waals surface area contributed by atoms with Crippen LogP contribution in [0.25, 0.3) is 10.9 Å². The largest absolute Gasteiger partial charge is 0.480 e. The van der Waals surface area contributed by atoms with Gasteiger partial charge in [0.1, 0.15) is 4.47 Å². The Bertz CT molecular complexity index is 604. The molecule has 0 aromatic carbocycles. The first-order valence-electron chi connectivity index (χ1n) is 5.09. The van der Waals surface area contributed by atoms with Crippen molar-refractivity contribution in [2.24, 2.45) is 0 Å². The molecule has 0 bridgehead atoms. The first kappa shape index (κ1) is 13.9. The van der Waals surface area contributed by atoms with Crippen molar-refractivity contribution in [3.8, 4) is 11.8 Å². The van der Waals surface area contributed by atoms with Crippen LogP contribution in [0.2, 0.25) is 0 Å². The molecule has 2 aromatic rings. The topological polar surface area (TPSA) is 44.2 Å². The lowest BCUT2D eigenvalue weighted by Gasteiger charge is -2.10. The van der Waals surface area contributed by atoms with E-state index in [1.807, 2.05) is 0 Å². The molecular weight excluding hydrogens is 329 g/mol. The molecule has 0 aliphatic rings. The number of aromatic nitrogens is 2. The maximum atomic E-state index is 12.1. The molecule has 0 atom stereocenters. The van der Waals surface area contributed by atoms with Gasteiger partial charge in [0.05, 0.1) is 12.6 Å². The fourth-order valence-corrected chi connectivity index (χ4v) is 1.98. The third kappa shape index (κ3) is 3.25. The van der Waals surface area contributed by atoms with Crippen molar-refractivity contribution < 1.29 is 22.6 Å². The molecule has 102 valence electrons. The average Bonchev–Trinajstić information content (AvgIpc) is 2.36. The highest BCUT2D eigenvalue weighted by atomic mass is 79.9. The second kappa shape index (κ2) is 5.20. The lowest BCUT2D eigenvalue weighted by Crippen LogP contribution is -2.19. The number of fused-ring (bicyclic) bond motifs is 1. The maximum absolute atomic E-state index is 12.1. The molecule has 0 saturated heterocycles. The van der Waals surface area contributed by atoms with Crippen LogP contribution in [0.3, 0.4) is 0 Å². The minimum Gasteiger partial charge on any atom is -0.480 e. The van der Waals surface area contributed by atoms with Crippen molar-refractivity contribution in [3.05, 3.63) is 22.8 Å². The summed E-state index contributed by atoms with van der Waals surface area (Å²) in [6.07, 6.45) is -2.89. The third-order valence-electron chi connectivity index (χ3n) is 2.19. The zero-order valence-corrected chi connectivity index (χ0v) is 11.2. The Morgan fingerprint density at radius 2 is 2.05 bits per heavy atom. The first-order valence-corrected chi connectivity index (χ1v) is 5.89. The van der Waals surface area contributed by atoms with E-state index in [2.05, 4.69) is 30.6 Å². The summed E-state index contributed by atoms with van der Waals surface area (Å²) < 4.78 is 46.2. The highest BCUT2D eigenvalue weighted by molar-refractivity contribution is 9.10. The third-order valence-corrected chi connectivity index (χ3v) is 2.91. The highest BCUT2D eigenvalue weighted by Crippen LogP contribution is 2.30. The lowest BCUT2D eigenvalue weighted by atomic mass is 10.3. The number of rotatable bonds is 3. The van der Waals surface area contributed by atoms with Crippen LogP contribution in [-0.4, -0.2) is 29.9 Å². The predicted molar refractivity (Wildman–Crippen MR) is 65.3 cm³/mol. The molecule has 0 aliphatic heterocycles. The molecule has 4 nitrogen and oxygen atoms in total. The van der Waals surface area contributed by atoms with Crippen molar-refractivity contribution in [3.63, 3.8) is 0 Å². The van der Waals surface area contributed by atoms with Gasteiger partial charge in [0.15, 0.2) is 6.61 Å². The van der Waals surface area contributed by atoms with Crippen LogP contribution < -0.4 is 9.47 Å². The van der Waals surface area contributed by atoms with Gasteiger partial charge in [-0.2, -0.15) is 13.2 Å². The van der Waals surface area contributed by atoms with Gasteiger partial charge >= 0.3 is 6.18 Å². The van der Waals surface area contributed by atoms with E-state index in [-0.39, 0.29) is 5.88 Å². The van der Waals surface area contributed by atoms with Crippen LogP contribution >= 0.6 is 15.9 Å². The van der Waals surface area contributed by atoms with Crippen LogP contribution in [0, 0.1) is 0 Å². The van der Waals surface area contributed by atoms with E-state index in [9.17, 15) is 13.2 Å². The number of ether oxygens (including phenoxy) is 2. The summed E-state index contributed by atoms with van der Waals surface area (Å²) in [6.45, 7) is -1.38. The monoisotopic (exact) mass is 336 g/mol. The van der Waals surface area contributed by atoms with E-state index in [1.165, 1.54) is 19.4 Å².